The molecule has 1 amide bonds. The largest absolute Gasteiger partial charge is 0.469 e. The second-order valence-corrected chi connectivity index (χ2v) is 9.71. The summed E-state index contributed by atoms with van der Waals surface area (Å²) in [5.74, 6) is 5.73. The minimum Gasteiger partial charge on any atom is -0.469 e. The van der Waals surface area contributed by atoms with E-state index in [1.54, 1.807) is 13.1 Å². The number of benzene rings is 3. The van der Waals surface area contributed by atoms with Crippen LogP contribution in [0.3, 0.4) is 0 Å². The zero-order valence-corrected chi connectivity index (χ0v) is 21.7. The van der Waals surface area contributed by atoms with Crippen molar-refractivity contribution in [3.63, 3.8) is 0 Å². The summed E-state index contributed by atoms with van der Waals surface area (Å²) in [7, 11) is 1.43. The summed E-state index contributed by atoms with van der Waals surface area (Å²) >= 11 is 0. The van der Waals surface area contributed by atoms with Crippen LogP contribution >= 0.6 is 0 Å². The number of carbonyl (C=O) groups excluding carboxylic acids is 2. The molecule has 1 heterocycles. The number of fused-ring (bicyclic) bond motifs is 1. The van der Waals surface area contributed by atoms with Crippen LogP contribution in [0.15, 0.2) is 72.9 Å². The number of rotatable bonds is 6. The van der Waals surface area contributed by atoms with E-state index in [9.17, 15) is 9.59 Å². The van der Waals surface area contributed by atoms with E-state index in [0.717, 1.165) is 53.3 Å². The highest BCUT2D eigenvalue weighted by Gasteiger charge is 2.28. The van der Waals surface area contributed by atoms with Gasteiger partial charge >= 0.3 is 5.97 Å². The smallest absolute Gasteiger partial charge is 0.308 e. The van der Waals surface area contributed by atoms with E-state index in [1.807, 2.05) is 35.0 Å². The Morgan fingerprint density at radius 2 is 1.68 bits per heavy atom. The molecule has 0 radical (unpaired) electrons. The third-order valence-electron chi connectivity index (χ3n) is 7.30. The van der Waals surface area contributed by atoms with Crippen molar-refractivity contribution in [1.29, 1.82) is 0 Å². The Bertz CT molecular complexity index is 1500. The highest BCUT2D eigenvalue weighted by Crippen LogP contribution is 2.28. The maximum Gasteiger partial charge on any atom is 0.308 e. The molecule has 0 bridgehead atoms. The molecule has 38 heavy (non-hydrogen) atoms. The van der Waals surface area contributed by atoms with Crippen molar-refractivity contribution < 1.29 is 14.3 Å². The molecule has 1 saturated carbocycles. The molecule has 0 aliphatic heterocycles. The minimum atomic E-state index is -0.162. The summed E-state index contributed by atoms with van der Waals surface area (Å²) in [6.45, 7) is 2.34. The number of methoxy groups -OCH3 is 1. The highest BCUT2D eigenvalue weighted by atomic mass is 16.5. The fraction of sp³-hybridized carbons (Fsp3) is 0.281. The van der Waals surface area contributed by atoms with Gasteiger partial charge in [0.1, 0.15) is 0 Å². The maximum absolute atomic E-state index is 13.5. The average Bonchev–Trinajstić information content (AvgIpc) is 3.38. The predicted molar refractivity (Wildman–Crippen MR) is 148 cm³/mol. The number of nitrogens with one attached hydrogen (secondary N) is 1. The van der Waals surface area contributed by atoms with Gasteiger partial charge in [0.15, 0.2) is 0 Å². The lowest BCUT2D eigenvalue weighted by molar-refractivity contribution is -0.146. The van der Waals surface area contributed by atoms with Gasteiger partial charge in [-0.05, 0) is 61.4 Å². The summed E-state index contributed by atoms with van der Waals surface area (Å²) in [5, 5.41) is 8.72. The number of hydrogen-bond acceptors (Lipinski definition) is 4. The van der Waals surface area contributed by atoms with Crippen LogP contribution in [0.2, 0.25) is 0 Å². The van der Waals surface area contributed by atoms with Gasteiger partial charge in [0.25, 0.3) is 5.91 Å². The Hall–Kier alpha value is -4.37. The van der Waals surface area contributed by atoms with Crippen molar-refractivity contribution in [3.05, 3.63) is 89.6 Å². The molecule has 5 rings (SSSR count). The number of nitrogens with zero attached hydrogens (tertiary/aromatic N) is 2. The second kappa shape index (κ2) is 11.4. The molecule has 6 heteroatoms. The van der Waals surface area contributed by atoms with E-state index < -0.39 is 0 Å². The van der Waals surface area contributed by atoms with Crippen LogP contribution in [0.5, 0.6) is 0 Å². The summed E-state index contributed by atoms with van der Waals surface area (Å²) in [6, 6.07) is 22.5. The fourth-order valence-electron chi connectivity index (χ4n) is 5.26. The SMILES string of the molecule is CC#Cc1ccc(C(=O)NC2CCC(C(=O)OC)CC2)c2c1cnn2Cc1ccc(-c2ccccc2)cc1. The first-order valence-corrected chi connectivity index (χ1v) is 13.0. The van der Waals surface area contributed by atoms with Gasteiger partial charge in [-0.15, -0.1) is 5.92 Å². The van der Waals surface area contributed by atoms with Crippen molar-refractivity contribution in [1.82, 2.24) is 15.1 Å². The topological polar surface area (TPSA) is 73.2 Å². The van der Waals surface area contributed by atoms with Crippen molar-refractivity contribution in [2.75, 3.05) is 7.11 Å². The van der Waals surface area contributed by atoms with Crippen LogP contribution in [-0.4, -0.2) is 34.8 Å². The zero-order valence-electron chi connectivity index (χ0n) is 21.7. The number of esters is 1. The first-order valence-electron chi connectivity index (χ1n) is 13.0. The molecule has 192 valence electrons. The normalized spacial score (nSPS) is 16.9. The summed E-state index contributed by atoms with van der Waals surface area (Å²) in [4.78, 5) is 25.4. The standard InChI is InChI=1S/C32H31N3O3/c1-3-7-25-16-19-28(31(36)34-27-17-14-26(15-18-27)32(37)38-2)30-29(25)20-33-35(30)21-22-10-12-24(13-11-22)23-8-5-4-6-9-23/h4-6,8-13,16,19-20,26-27H,14-15,17-18,21H2,1-2H3,(H,34,36). The van der Waals surface area contributed by atoms with Crippen LogP contribution in [0, 0.1) is 17.8 Å². The molecule has 1 aliphatic rings. The van der Waals surface area contributed by atoms with E-state index >= 15 is 0 Å². The molecule has 0 spiro atoms. The third kappa shape index (κ3) is 5.33. The van der Waals surface area contributed by atoms with Gasteiger partial charge in [0, 0.05) is 17.0 Å². The molecule has 0 unspecified atom stereocenters. The van der Waals surface area contributed by atoms with E-state index in [4.69, 9.17) is 4.74 Å². The molecule has 1 N–H and O–H groups in total. The van der Waals surface area contributed by atoms with Gasteiger partial charge in [-0.25, -0.2) is 0 Å². The van der Waals surface area contributed by atoms with Crippen LogP contribution in [0.25, 0.3) is 22.0 Å². The quantitative estimate of drug-likeness (QED) is 0.274. The van der Waals surface area contributed by atoms with Crippen LogP contribution in [-0.2, 0) is 16.1 Å². The molecule has 4 aromatic rings. The number of amides is 1. The molecule has 0 atom stereocenters. The first-order chi connectivity index (χ1) is 18.6. The Morgan fingerprint density at radius 3 is 2.37 bits per heavy atom. The van der Waals surface area contributed by atoms with Crippen LogP contribution in [0.4, 0.5) is 0 Å². The number of ether oxygens (including phenoxy) is 1. The molecular weight excluding hydrogens is 474 g/mol. The monoisotopic (exact) mass is 505 g/mol. The second-order valence-electron chi connectivity index (χ2n) is 9.71. The Balaban J connectivity index is 1.40. The van der Waals surface area contributed by atoms with Gasteiger partial charge in [-0.2, -0.15) is 5.10 Å². The molecule has 3 aromatic carbocycles. The third-order valence-corrected chi connectivity index (χ3v) is 7.30. The molecule has 1 aliphatic carbocycles. The van der Waals surface area contributed by atoms with Crippen molar-refractivity contribution in [2.45, 2.75) is 45.2 Å². The molecular formula is C32H31N3O3. The Kier molecular flexibility index (Phi) is 7.55. The summed E-state index contributed by atoms with van der Waals surface area (Å²) in [5.41, 5.74) is 5.62. The van der Waals surface area contributed by atoms with E-state index in [2.05, 4.69) is 58.7 Å². The van der Waals surface area contributed by atoms with Gasteiger partial charge in [-0.3, -0.25) is 14.3 Å². The average molecular weight is 506 g/mol. The maximum atomic E-state index is 13.5. The van der Waals surface area contributed by atoms with E-state index in [0.29, 0.717) is 12.1 Å². The lowest BCUT2D eigenvalue weighted by Crippen LogP contribution is -2.39. The van der Waals surface area contributed by atoms with Gasteiger partial charge in [0.2, 0.25) is 0 Å². The molecule has 6 nitrogen and oxygen atoms in total. The first kappa shape index (κ1) is 25.3. The van der Waals surface area contributed by atoms with Crippen molar-refractivity contribution in [3.8, 4) is 23.0 Å². The van der Waals surface area contributed by atoms with Crippen LogP contribution < -0.4 is 5.32 Å². The molecule has 0 saturated heterocycles. The van der Waals surface area contributed by atoms with Crippen molar-refractivity contribution in [2.24, 2.45) is 5.92 Å². The Labute approximate surface area is 223 Å². The number of aromatic nitrogens is 2. The van der Waals surface area contributed by atoms with Gasteiger partial charge in [0.05, 0.1) is 36.8 Å². The van der Waals surface area contributed by atoms with Crippen molar-refractivity contribution >= 4 is 22.8 Å². The predicted octanol–water partition coefficient (Wildman–Crippen LogP) is 5.58. The Morgan fingerprint density at radius 1 is 0.974 bits per heavy atom. The lowest BCUT2D eigenvalue weighted by Gasteiger charge is -2.27. The zero-order chi connectivity index (χ0) is 26.5. The van der Waals surface area contributed by atoms with Gasteiger partial charge in [-0.1, -0.05) is 60.5 Å². The van der Waals surface area contributed by atoms with E-state index in [1.165, 1.54) is 12.7 Å². The molecule has 1 fully saturated rings. The number of hydrogen-bond donors (Lipinski definition) is 1. The van der Waals surface area contributed by atoms with Crippen LogP contribution in [0.1, 0.15) is 54.1 Å². The summed E-state index contributed by atoms with van der Waals surface area (Å²) < 4.78 is 6.78. The lowest BCUT2D eigenvalue weighted by atomic mass is 9.86. The summed E-state index contributed by atoms with van der Waals surface area (Å²) in [6.07, 6.45) is 4.73. The highest BCUT2D eigenvalue weighted by molar-refractivity contribution is 6.07. The van der Waals surface area contributed by atoms with Gasteiger partial charge < -0.3 is 10.1 Å². The minimum absolute atomic E-state index is 0.0236. The van der Waals surface area contributed by atoms with E-state index in [-0.39, 0.29) is 23.8 Å². The molecule has 1 aromatic heterocycles. The fourth-order valence-corrected chi connectivity index (χ4v) is 5.26. The number of carbonyl (C=O) groups is 2.